The Morgan fingerprint density at radius 1 is 1.36 bits per heavy atom. The minimum Gasteiger partial charge on any atom is -0.361 e. The highest BCUT2D eigenvalue weighted by Gasteiger charge is 2.27. The molecule has 1 fully saturated rings. The fourth-order valence-electron chi connectivity index (χ4n) is 3.42. The van der Waals surface area contributed by atoms with E-state index in [1.165, 1.54) is 0 Å². The molecule has 0 saturated carbocycles. The molecular formula is C19H26N4O2. The van der Waals surface area contributed by atoms with Crippen LogP contribution < -0.4 is 4.90 Å². The molecule has 25 heavy (non-hydrogen) atoms. The second kappa shape index (κ2) is 7.25. The highest BCUT2D eigenvalue weighted by molar-refractivity contribution is 5.79. The summed E-state index contributed by atoms with van der Waals surface area (Å²) in [7, 11) is 1.90. The number of aromatic nitrogens is 2. The van der Waals surface area contributed by atoms with E-state index in [1.807, 2.05) is 50.9 Å². The van der Waals surface area contributed by atoms with E-state index in [1.54, 1.807) is 0 Å². The van der Waals surface area contributed by atoms with Gasteiger partial charge in [0.1, 0.15) is 11.6 Å². The van der Waals surface area contributed by atoms with Gasteiger partial charge in [0.05, 0.1) is 12.1 Å². The van der Waals surface area contributed by atoms with Gasteiger partial charge in [-0.15, -0.1) is 0 Å². The molecule has 0 radical (unpaired) electrons. The van der Waals surface area contributed by atoms with Crippen LogP contribution in [0.5, 0.6) is 0 Å². The van der Waals surface area contributed by atoms with E-state index in [4.69, 9.17) is 4.52 Å². The lowest BCUT2D eigenvalue weighted by atomic mass is 10.0. The van der Waals surface area contributed by atoms with Gasteiger partial charge < -0.3 is 14.3 Å². The molecule has 0 bridgehead atoms. The molecule has 3 rings (SSSR count). The molecule has 134 valence electrons. The number of likely N-dealkylation sites (N-methyl/N-ethyl adjacent to an activating group) is 1. The SMILES string of the molecule is Cc1cccc(N2CCC[C@@H](N(C)C(=O)Cc3c(C)noc3C)C2)n1. The Hall–Kier alpha value is -2.37. The molecule has 6 heteroatoms. The van der Waals surface area contributed by atoms with Gasteiger partial charge >= 0.3 is 0 Å². The van der Waals surface area contributed by atoms with Crippen LogP contribution in [-0.4, -0.2) is 47.1 Å². The van der Waals surface area contributed by atoms with Gasteiger partial charge in [0.2, 0.25) is 5.91 Å². The maximum absolute atomic E-state index is 12.7. The van der Waals surface area contributed by atoms with E-state index in [0.717, 1.165) is 54.5 Å². The highest BCUT2D eigenvalue weighted by Crippen LogP contribution is 2.22. The molecule has 0 aliphatic carbocycles. The Morgan fingerprint density at radius 3 is 2.84 bits per heavy atom. The van der Waals surface area contributed by atoms with Crippen LogP contribution in [0, 0.1) is 20.8 Å². The third-order valence-electron chi connectivity index (χ3n) is 5.04. The zero-order valence-electron chi connectivity index (χ0n) is 15.5. The molecule has 1 aliphatic rings. The van der Waals surface area contributed by atoms with Crippen LogP contribution in [0.3, 0.4) is 0 Å². The Kier molecular flexibility index (Phi) is 5.06. The number of piperidine rings is 1. The third kappa shape index (κ3) is 3.83. The average Bonchev–Trinajstić information content (AvgIpc) is 2.93. The minimum absolute atomic E-state index is 0.110. The van der Waals surface area contributed by atoms with Crippen molar-refractivity contribution in [3.63, 3.8) is 0 Å². The number of aryl methyl sites for hydroxylation is 3. The van der Waals surface area contributed by atoms with E-state index in [0.29, 0.717) is 6.42 Å². The number of pyridine rings is 1. The second-order valence-electron chi connectivity index (χ2n) is 6.86. The van der Waals surface area contributed by atoms with Crippen molar-refractivity contribution >= 4 is 11.7 Å². The Labute approximate surface area is 148 Å². The van der Waals surface area contributed by atoms with Crippen molar-refractivity contribution in [1.29, 1.82) is 0 Å². The zero-order chi connectivity index (χ0) is 18.0. The fourth-order valence-corrected chi connectivity index (χ4v) is 3.42. The summed E-state index contributed by atoms with van der Waals surface area (Å²) in [4.78, 5) is 21.5. The first-order valence-corrected chi connectivity index (χ1v) is 8.81. The summed E-state index contributed by atoms with van der Waals surface area (Å²) >= 11 is 0. The fraction of sp³-hybridized carbons (Fsp3) is 0.526. The molecule has 0 aromatic carbocycles. The van der Waals surface area contributed by atoms with Gasteiger partial charge in [-0.05, 0) is 45.7 Å². The summed E-state index contributed by atoms with van der Waals surface area (Å²) in [5, 5.41) is 3.94. The molecule has 1 atom stereocenters. The van der Waals surface area contributed by atoms with Crippen LogP contribution in [0.2, 0.25) is 0 Å². The summed E-state index contributed by atoms with van der Waals surface area (Å²) in [6.07, 6.45) is 2.42. The van der Waals surface area contributed by atoms with E-state index in [2.05, 4.69) is 15.0 Å². The molecule has 2 aromatic rings. The zero-order valence-corrected chi connectivity index (χ0v) is 15.5. The molecule has 0 N–H and O–H groups in total. The van der Waals surface area contributed by atoms with E-state index in [9.17, 15) is 4.79 Å². The minimum atomic E-state index is 0.110. The van der Waals surface area contributed by atoms with Crippen LogP contribution in [0.25, 0.3) is 0 Å². The average molecular weight is 342 g/mol. The van der Waals surface area contributed by atoms with Crippen molar-refractivity contribution in [2.45, 2.75) is 46.1 Å². The lowest BCUT2D eigenvalue weighted by Gasteiger charge is -2.38. The van der Waals surface area contributed by atoms with Crippen LogP contribution in [0.15, 0.2) is 22.7 Å². The first-order chi connectivity index (χ1) is 12.0. The monoisotopic (exact) mass is 342 g/mol. The molecule has 1 aliphatic heterocycles. The number of nitrogens with zero attached hydrogens (tertiary/aromatic N) is 4. The topological polar surface area (TPSA) is 62.5 Å². The van der Waals surface area contributed by atoms with Crippen LogP contribution >= 0.6 is 0 Å². The van der Waals surface area contributed by atoms with E-state index >= 15 is 0 Å². The molecule has 1 amide bonds. The molecule has 0 spiro atoms. The number of anilines is 1. The molecule has 3 heterocycles. The lowest BCUT2D eigenvalue weighted by Crippen LogP contribution is -2.49. The lowest BCUT2D eigenvalue weighted by molar-refractivity contribution is -0.131. The summed E-state index contributed by atoms with van der Waals surface area (Å²) in [5.74, 6) is 1.84. The highest BCUT2D eigenvalue weighted by atomic mass is 16.5. The third-order valence-corrected chi connectivity index (χ3v) is 5.04. The van der Waals surface area contributed by atoms with E-state index < -0.39 is 0 Å². The van der Waals surface area contributed by atoms with Gasteiger partial charge in [-0.2, -0.15) is 0 Å². The van der Waals surface area contributed by atoms with Crippen LogP contribution in [0.1, 0.15) is 35.6 Å². The van der Waals surface area contributed by atoms with Gasteiger partial charge in [-0.3, -0.25) is 4.79 Å². The largest absolute Gasteiger partial charge is 0.361 e. The predicted molar refractivity (Wildman–Crippen MR) is 96.7 cm³/mol. The van der Waals surface area contributed by atoms with Gasteiger partial charge in [0.25, 0.3) is 0 Å². The van der Waals surface area contributed by atoms with Gasteiger partial charge in [0.15, 0.2) is 0 Å². The summed E-state index contributed by atoms with van der Waals surface area (Å²) in [6, 6.07) is 6.28. The quantitative estimate of drug-likeness (QED) is 0.855. The smallest absolute Gasteiger partial charge is 0.227 e. The summed E-state index contributed by atoms with van der Waals surface area (Å²) < 4.78 is 5.17. The first-order valence-electron chi connectivity index (χ1n) is 8.81. The van der Waals surface area contributed by atoms with Gasteiger partial charge in [-0.1, -0.05) is 11.2 Å². The van der Waals surface area contributed by atoms with Crippen molar-refractivity contribution in [3.8, 4) is 0 Å². The van der Waals surface area contributed by atoms with E-state index in [-0.39, 0.29) is 11.9 Å². The number of carbonyl (C=O) groups excluding carboxylic acids is 1. The van der Waals surface area contributed by atoms with Crippen molar-refractivity contribution in [2.75, 3.05) is 25.0 Å². The number of hydrogen-bond acceptors (Lipinski definition) is 5. The number of rotatable bonds is 4. The predicted octanol–water partition coefficient (Wildman–Crippen LogP) is 2.66. The first kappa shape index (κ1) is 17.5. The van der Waals surface area contributed by atoms with Crippen LogP contribution in [-0.2, 0) is 11.2 Å². The van der Waals surface area contributed by atoms with Gasteiger partial charge in [0, 0.05) is 37.4 Å². The standard InChI is InChI=1S/C19H26N4O2/c1-13-7-5-9-18(20-13)23-10-6-8-16(12-23)22(4)19(24)11-17-14(2)21-25-15(17)3/h5,7,9,16H,6,8,10-12H2,1-4H3/t16-/m1/s1. The number of amides is 1. The molecule has 2 aromatic heterocycles. The maximum Gasteiger partial charge on any atom is 0.227 e. The molecular weight excluding hydrogens is 316 g/mol. The number of carbonyl (C=O) groups is 1. The van der Waals surface area contributed by atoms with Gasteiger partial charge in [-0.25, -0.2) is 4.98 Å². The number of hydrogen-bond donors (Lipinski definition) is 0. The molecule has 6 nitrogen and oxygen atoms in total. The Morgan fingerprint density at radius 2 is 2.16 bits per heavy atom. The summed E-state index contributed by atoms with van der Waals surface area (Å²) in [5.41, 5.74) is 2.72. The van der Waals surface area contributed by atoms with Crippen LogP contribution in [0.4, 0.5) is 5.82 Å². The maximum atomic E-state index is 12.7. The van der Waals surface area contributed by atoms with Crippen molar-refractivity contribution in [2.24, 2.45) is 0 Å². The summed E-state index contributed by atoms with van der Waals surface area (Å²) in [6.45, 7) is 7.54. The molecule has 0 unspecified atom stereocenters. The van der Waals surface area contributed by atoms with Crippen molar-refractivity contribution in [3.05, 3.63) is 40.9 Å². The normalized spacial score (nSPS) is 17.6. The Bertz CT molecular complexity index is 736. The van der Waals surface area contributed by atoms with Crippen molar-refractivity contribution < 1.29 is 9.32 Å². The Balaban J connectivity index is 1.67. The second-order valence-corrected chi connectivity index (χ2v) is 6.86. The van der Waals surface area contributed by atoms with Crippen molar-refractivity contribution in [1.82, 2.24) is 15.0 Å². The molecule has 1 saturated heterocycles.